The van der Waals surface area contributed by atoms with E-state index in [0.29, 0.717) is 12.4 Å². The highest BCUT2D eigenvalue weighted by atomic mass is 32.2. The number of carbonyl (C=O) groups is 1. The first-order chi connectivity index (χ1) is 13.3. The van der Waals surface area contributed by atoms with E-state index in [1.807, 2.05) is 12.1 Å². The molecule has 3 rings (SSSR count). The zero-order valence-corrected chi connectivity index (χ0v) is 18.4. The van der Waals surface area contributed by atoms with Gasteiger partial charge < -0.3 is 14.3 Å². The Kier molecular flexibility index (Phi) is 6.65. The molecule has 0 bridgehead atoms. The number of rotatable bonds is 7. The normalized spacial score (nSPS) is 20.2. The van der Waals surface area contributed by atoms with Gasteiger partial charge >= 0.3 is 5.97 Å². The van der Waals surface area contributed by atoms with Crippen LogP contribution in [0, 0.1) is 0 Å². The van der Waals surface area contributed by atoms with Crippen LogP contribution in [0.2, 0.25) is 5.04 Å². The Hall–Kier alpha value is -1.60. The van der Waals surface area contributed by atoms with Gasteiger partial charge in [-0.25, -0.2) is 0 Å². The predicted molar refractivity (Wildman–Crippen MR) is 117 cm³/mol. The Labute approximate surface area is 172 Å². The third-order valence-corrected chi connectivity index (χ3v) is 11.3. The van der Waals surface area contributed by atoms with Gasteiger partial charge in [-0.3, -0.25) is 4.79 Å². The van der Waals surface area contributed by atoms with Crippen molar-refractivity contribution in [2.75, 3.05) is 12.4 Å². The Bertz CT molecular complexity index is 737. The van der Waals surface area contributed by atoms with Gasteiger partial charge in [-0.2, -0.15) is 0 Å². The fraction of sp³-hybridized carbons (Fsp3) is 0.409. The zero-order valence-electron chi connectivity index (χ0n) is 16.6. The van der Waals surface area contributed by atoms with Crippen molar-refractivity contribution >= 4 is 36.4 Å². The molecule has 1 aliphatic rings. The van der Waals surface area contributed by atoms with Gasteiger partial charge in [-0.1, -0.05) is 81.4 Å². The summed E-state index contributed by atoms with van der Waals surface area (Å²) in [6.07, 6.45) is -0.196. The smallest absolute Gasteiger partial charge is 0.306 e. The molecule has 2 aromatic rings. The van der Waals surface area contributed by atoms with Crippen molar-refractivity contribution in [3.63, 3.8) is 0 Å². The molecule has 2 unspecified atom stereocenters. The lowest BCUT2D eigenvalue weighted by atomic mass is 10.2. The predicted octanol–water partition coefficient (Wildman–Crippen LogP) is 3.50. The highest BCUT2D eigenvalue weighted by molar-refractivity contribution is 8.00. The lowest BCUT2D eigenvalue weighted by molar-refractivity contribution is -0.139. The summed E-state index contributed by atoms with van der Waals surface area (Å²) >= 11 is 1.65. The van der Waals surface area contributed by atoms with E-state index in [9.17, 15) is 4.79 Å². The van der Waals surface area contributed by atoms with E-state index >= 15 is 0 Å². The SMILES string of the molecule is CC(C)(C)[Si](OCC1OC(CC(=O)O)CS1)(c1ccccc1)c1ccccc1. The summed E-state index contributed by atoms with van der Waals surface area (Å²) in [6.45, 7) is 7.19. The third-order valence-electron chi connectivity index (χ3n) is 5.07. The van der Waals surface area contributed by atoms with Gasteiger partial charge in [0.2, 0.25) is 0 Å². The number of hydrogen-bond acceptors (Lipinski definition) is 4. The summed E-state index contributed by atoms with van der Waals surface area (Å²) in [7, 11) is -2.58. The highest BCUT2D eigenvalue weighted by Crippen LogP contribution is 2.38. The van der Waals surface area contributed by atoms with Crippen LogP contribution < -0.4 is 10.4 Å². The third kappa shape index (κ3) is 4.51. The first-order valence-corrected chi connectivity index (χ1v) is 12.5. The van der Waals surface area contributed by atoms with E-state index in [0.717, 1.165) is 0 Å². The van der Waals surface area contributed by atoms with Crippen molar-refractivity contribution in [1.82, 2.24) is 0 Å². The number of thioether (sulfide) groups is 1. The van der Waals surface area contributed by atoms with Crippen LogP contribution in [0.5, 0.6) is 0 Å². The molecule has 0 spiro atoms. The average Bonchev–Trinajstić information content (AvgIpc) is 3.09. The van der Waals surface area contributed by atoms with Gasteiger partial charge in [-0.15, -0.1) is 11.8 Å². The van der Waals surface area contributed by atoms with Crippen LogP contribution in [-0.2, 0) is 14.0 Å². The van der Waals surface area contributed by atoms with Gasteiger partial charge in [0.1, 0.15) is 5.44 Å². The van der Waals surface area contributed by atoms with Crippen molar-refractivity contribution in [2.24, 2.45) is 0 Å². The first-order valence-electron chi connectivity index (χ1n) is 9.57. The molecule has 1 heterocycles. The summed E-state index contributed by atoms with van der Waals surface area (Å²) < 4.78 is 12.8. The van der Waals surface area contributed by atoms with Gasteiger partial charge in [0.15, 0.2) is 0 Å². The summed E-state index contributed by atoms with van der Waals surface area (Å²) in [5, 5.41) is 11.4. The van der Waals surface area contributed by atoms with Crippen LogP contribution in [0.3, 0.4) is 0 Å². The number of benzene rings is 2. The molecule has 28 heavy (non-hydrogen) atoms. The summed E-state index contributed by atoms with van der Waals surface area (Å²) in [5.74, 6) is -0.125. The second-order valence-electron chi connectivity index (χ2n) is 8.09. The van der Waals surface area contributed by atoms with E-state index in [1.54, 1.807) is 11.8 Å². The maximum Gasteiger partial charge on any atom is 0.306 e. The number of carboxylic acids is 1. The Morgan fingerprint density at radius 2 is 1.64 bits per heavy atom. The molecule has 0 aliphatic carbocycles. The van der Waals surface area contributed by atoms with Crippen molar-refractivity contribution in [3.8, 4) is 0 Å². The van der Waals surface area contributed by atoms with E-state index in [4.69, 9.17) is 14.3 Å². The van der Waals surface area contributed by atoms with Gasteiger partial charge in [0.25, 0.3) is 8.32 Å². The van der Waals surface area contributed by atoms with E-state index in [-0.39, 0.29) is 23.0 Å². The van der Waals surface area contributed by atoms with Crippen LogP contribution in [0.25, 0.3) is 0 Å². The van der Waals surface area contributed by atoms with Crippen molar-refractivity contribution in [3.05, 3.63) is 60.7 Å². The van der Waals surface area contributed by atoms with E-state index < -0.39 is 14.3 Å². The molecule has 0 aromatic heterocycles. The molecule has 1 saturated heterocycles. The molecule has 4 nitrogen and oxygen atoms in total. The minimum absolute atomic E-state index is 0.0444. The Balaban J connectivity index is 1.90. The highest BCUT2D eigenvalue weighted by Gasteiger charge is 2.50. The van der Waals surface area contributed by atoms with Crippen LogP contribution in [0.4, 0.5) is 0 Å². The lowest BCUT2D eigenvalue weighted by Gasteiger charge is -2.43. The van der Waals surface area contributed by atoms with E-state index in [2.05, 4.69) is 69.3 Å². The summed E-state index contributed by atoms with van der Waals surface area (Å²) in [5.41, 5.74) is -0.133. The topological polar surface area (TPSA) is 55.8 Å². The molecule has 2 aromatic carbocycles. The molecular formula is C22H28O4SSi. The lowest BCUT2D eigenvalue weighted by Crippen LogP contribution is -2.67. The quantitative estimate of drug-likeness (QED) is 0.700. The number of carboxylic acid groups (broad SMARTS) is 1. The number of aliphatic carboxylic acids is 1. The van der Waals surface area contributed by atoms with Crippen molar-refractivity contribution in [1.29, 1.82) is 0 Å². The Morgan fingerprint density at radius 3 is 2.11 bits per heavy atom. The monoisotopic (exact) mass is 416 g/mol. The standard InChI is InChI=1S/C22H28O4SSi/c1-22(2,3)28(18-10-6-4-7-11-18,19-12-8-5-9-13-19)25-15-21-26-17(16-27-21)14-20(23)24/h4-13,17,21H,14-16H2,1-3H3,(H,23,24). The molecule has 1 N–H and O–H groups in total. The molecule has 6 heteroatoms. The maximum atomic E-state index is 11.0. The molecule has 2 atom stereocenters. The average molecular weight is 417 g/mol. The van der Waals surface area contributed by atoms with Gasteiger partial charge in [0.05, 0.1) is 19.1 Å². The zero-order chi connectivity index (χ0) is 20.2. The minimum Gasteiger partial charge on any atom is -0.481 e. The second kappa shape index (κ2) is 8.82. The fourth-order valence-corrected chi connectivity index (χ4v) is 9.56. The molecule has 0 amide bonds. The fourth-order valence-electron chi connectivity index (χ4n) is 3.85. The van der Waals surface area contributed by atoms with Crippen molar-refractivity contribution < 1.29 is 19.1 Å². The van der Waals surface area contributed by atoms with Crippen LogP contribution >= 0.6 is 11.8 Å². The molecule has 0 saturated carbocycles. The largest absolute Gasteiger partial charge is 0.481 e. The number of ether oxygens (including phenoxy) is 1. The number of hydrogen-bond donors (Lipinski definition) is 1. The molecule has 1 aliphatic heterocycles. The Morgan fingerprint density at radius 1 is 1.11 bits per heavy atom. The minimum atomic E-state index is -2.58. The van der Waals surface area contributed by atoms with Gasteiger partial charge in [-0.05, 0) is 15.4 Å². The van der Waals surface area contributed by atoms with Crippen LogP contribution in [0.1, 0.15) is 27.2 Å². The second-order valence-corrected chi connectivity index (χ2v) is 13.6. The maximum absolute atomic E-state index is 11.0. The van der Waals surface area contributed by atoms with Crippen molar-refractivity contribution in [2.45, 2.75) is 43.8 Å². The van der Waals surface area contributed by atoms with Crippen LogP contribution in [0.15, 0.2) is 60.7 Å². The molecular weight excluding hydrogens is 388 g/mol. The van der Waals surface area contributed by atoms with Crippen LogP contribution in [-0.4, -0.2) is 43.3 Å². The van der Waals surface area contributed by atoms with E-state index in [1.165, 1.54) is 10.4 Å². The van der Waals surface area contributed by atoms with Gasteiger partial charge in [0, 0.05) is 5.75 Å². The summed E-state index contributed by atoms with van der Waals surface area (Å²) in [6, 6.07) is 21.0. The summed E-state index contributed by atoms with van der Waals surface area (Å²) in [4.78, 5) is 11.0. The molecule has 1 fully saturated rings. The molecule has 150 valence electrons. The molecule has 0 radical (unpaired) electrons. The first kappa shape index (κ1) is 21.1.